The smallest absolute Gasteiger partial charge is 0.152 e. The molecule has 0 fully saturated rings. The van der Waals surface area contributed by atoms with Crippen molar-refractivity contribution in [2.45, 2.75) is 19.4 Å². The number of nitrogens with zero attached hydrogens (tertiary/aromatic N) is 1. The van der Waals surface area contributed by atoms with E-state index in [1.807, 2.05) is 25.1 Å². The molecule has 18 heavy (non-hydrogen) atoms. The van der Waals surface area contributed by atoms with Crippen LogP contribution in [-0.4, -0.2) is 4.98 Å². The summed E-state index contributed by atoms with van der Waals surface area (Å²) in [5, 5.41) is 3.70. The van der Waals surface area contributed by atoms with Gasteiger partial charge in [-0.15, -0.1) is 0 Å². The number of rotatable bonds is 4. The third-order valence-electron chi connectivity index (χ3n) is 2.75. The number of nitrogens with one attached hydrogen (secondary N) is 1. The molecule has 2 rings (SSSR count). The second-order valence-electron chi connectivity index (χ2n) is 4.00. The molecule has 2 nitrogen and oxygen atoms in total. The van der Waals surface area contributed by atoms with Crippen LogP contribution in [0.2, 0.25) is 5.15 Å². The largest absolute Gasteiger partial charge is 0.376 e. The molecule has 0 radical (unpaired) electrons. The highest BCUT2D eigenvalue weighted by atomic mass is 35.5. The molecular weight excluding hydrogens is 251 g/mol. The van der Waals surface area contributed by atoms with Crippen molar-refractivity contribution < 1.29 is 4.39 Å². The highest BCUT2D eigenvalue weighted by Gasteiger charge is 2.11. The van der Waals surface area contributed by atoms with Gasteiger partial charge in [0, 0.05) is 6.20 Å². The second kappa shape index (κ2) is 5.83. The molecule has 0 aliphatic heterocycles. The van der Waals surface area contributed by atoms with Gasteiger partial charge in [-0.05, 0) is 36.2 Å². The molecule has 2 aromatic rings. The first-order chi connectivity index (χ1) is 8.70. The first-order valence-electron chi connectivity index (χ1n) is 5.83. The molecule has 1 unspecified atom stereocenters. The summed E-state index contributed by atoms with van der Waals surface area (Å²) in [6.45, 7) is 2.03. The van der Waals surface area contributed by atoms with Gasteiger partial charge in [0.15, 0.2) is 5.15 Å². The zero-order chi connectivity index (χ0) is 13.0. The summed E-state index contributed by atoms with van der Waals surface area (Å²) in [4.78, 5) is 4.01. The molecule has 0 spiro atoms. The summed E-state index contributed by atoms with van der Waals surface area (Å²) in [5.74, 6) is -0.231. The SMILES string of the molecule is CCC(Nc1cccnc1Cl)c1cccc(F)c1. The second-order valence-corrected chi connectivity index (χ2v) is 4.36. The third kappa shape index (κ3) is 2.99. The van der Waals surface area contributed by atoms with Crippen molar-refractivity contribution in [3.63, 3.8) is 0 Å². The molecule has 0 aliphatic carbocycles. The minimum Gasteiger partial charge on any atom is -0.376 e. The average Bonchev–Trinajstić information content (AvgIpc) is 2.38. The van der Waals surface area contributed by atoms with Crippen LogP contribution < -0.4 is 5.32 Å². The molecule has 0 bridgehead atoms. The van der Waals surface area contributed by atoms with Crippen molar-refractivity contribution in [2.75, 3.05) is 5.32 Å². The Kier molecular flexibility index (Phi) is 4.15. The molecule has 0 saturated heterocycles. The van der Waals surface area contributed by atoms with E-state index in [1.54, 1.807) is 12.3 Å². The van der Waals surface area contributed by atoms with E-state index in [2.05, 4.69) is 10.3 Å². The van der Waals surface area contributed by atoms with Crippen LogP contribution in [-0.2, 0) is 0 Å². The Morgan fingerprint density at radius 1 is 1.33 bits per heavy atom. The van der Waals surface area contributed by atoms with Crippen LogP contribution in [0.25, 0.3) is 0 Å². The zero-order valence-electron chi connectivity index (χ0n) is 10.0. The van der Waals surface area contributed by atoms with Crippen LogP contribution in [0.5, 0.6) is 0 Å². The van der Waals surface area contributed by atoms with Crippen molar-refractivity contribution in [2.24, 2.45) is 0 Å². The van der Waals surface area contributed by atoms with Crippen LogP contribution in [0.4, 0.5) is 10.1 Å². The van der Waals surface area contributed by atoms with E-state index in [1.165, 1.54) is 12.1 Å². The normalized spacial score (nSPS) is 12.2. The van der Waals surface area contributed by atoms with Gasteiger partial charge in [0.05, 0.1) is 11.7 Å². The van der Waals surface area contributed by atoms with Gasteiger partial charge in [0.1, 0.15) is 5.82 Å². The van der Waals surface area contributed by atoms with Gasteiger partial charge in [-0.25, -0.2) is 9.37 Å². The maximum absolute atomic E-state index is 13.2. The Hall–Kier alpha value is -1.61. The molecule has 1 heterocycles. The number of aromatic nitrogens is 1. The van der Waals surface area contributed by atoms with E-state index in [0.717, 1.165) is 17.7 Å². The van der Waals surface area contributed by atoms with Crippen molar-refractivity contribution in [1.29, 1.82) is 0 Å². The van der Waals surface area contributed by atoms with Crippen LogP contribution in [0, 0.1) is 5.82 Å². The summed E-state index contributed by atoms with van der Waals surface area (Å²) < 4.78 is 13.2. The quantitative estimate of drug-likeness (QED) is 0.826. The van der Waals surface area contributed by atoms with E-state index >= 15 is 0 Å². The molecule has 0 amide bonds. The lowest BCUT2D eigenvalue weighted by Crippen LogP contribution is -2.10. The number of pyridine rings is 1. The fourth-order valence-corrected chi connectivity index (χ4v) is 2.00. The Balaban J connectivity index is 2.23. The minimum absolute atomic E-state index is 0.0161. The molecular formula is C14H14ClFN2. The highest BCUT2D eigenvalue weighted by molar-refractivity contribution is 6.31. The Morgan fingerprint density at radius 2 is 2.17 bits per heavy atom. The van der Waals surface area contributed by atoms with Gasteiger partial charge < -0.3 is 5.32 Å². The monoisotopic (exact) mass is 264 g/mol. The van der Waals surface area contributed by atoms with Gasteiger partial charge in [0.2, 0.25) is 0 Å². The number of hydrogen-bond donors (Lipinski definition) is 1. The van der Waals surface area contributed by atoms with E-state index in [4.69, 9.17) is 11.6 Å². The Bertz CT molecular complexity index is 531. The fourth-order valence-electron chi connectivity index (χ4n) is 1.83. The zero-order valence-corrected chi connectivity index (χ0v) is 10.8. The molecule has 94 valence electrons. The van der Waals surface area contributed by atoms with Gasteiger partial charge in [0.25, 0.3) is 0 Å². The van der Waals surface area contributed by atoms with E-state index < -0.39 is 0 Å². The average molecular weight is 265 g/mol. The molecule has 1 N–H and O–H groups in total. The number of hydrogen-bond acceptors (Lipinski definition) is 2. The van der Waals surface area contributed by atoms with Crippen molar-refractivity contribution in [3.05, 3.63) is 59.1 Å². The van der Waals surface area contributed by atoms with E-state index in [0.29, 0.717) is 5.15 Å². The number of benzene rings is 1. The molecule has 1 aromatic heterocycles. The molecule has 1 aromatic carbocycles. The maximum Gasteiger partial charge on any atom is 0.152 e. The summed E-state index contributed by atoms with van der Waals surface area (Å²) in [6.07, 6.45) is 2.46. The summed E-state index contributed by atoms with van der Waals surface area (Å²) >= 11 is 6.00. The van der Waals surface area contributed by atoms with Gasteiger partial charge in [-0.2, -0.15) is 0 Å². The standard InChI is InChI=1S/C14H14ClFN2/c1-2-12(10-5-3-6-11(16)9-10)18-13-7-4-8-17-14(13)15/h3-9,12,18H,2H2,1H3. The van der Waals surface area contributed by atoms with Gasteiger partial charge in [-0.1, -0.05) is 30.7 Å². The first kappa shape index (κ1) is 12.8. The lowest BCUT2D eigenvalue weighted by atomic mass is 10.0. The van der Waals surface area contributed by atoms with Gasteiger partial charge in [-0.3, -0.25) is 0 Å². The van der Waals surface area contributed by atoms with Crippen LogP contribution >= 0.6 is 11.6 Å². The van der Waals surface area contributed by atoms with E-state index in [9.17, 15) is 4.39 Å². The van der Waals surface area contributed by atoms with Crippen LogP contribution in [0.1, 0.15) is 24.9 Å². The molecule has 0 saturated carbocycles. The predicted octanol–water partition coefficient (Wildman–Crippen LogP) is 4.44. The Morgan fingerprint density at radius 3 is 2.83 bits per heavy atom. The molecule has 1 atom stereocenters. The van der Waals surface area contributed by atoms with Crippen LogP contribution in [0.3, 0.4) is 0 Å². The number of halogens is 2. The third-order valence-corrected chi connectivity index (χ3v) is 3.05. The van der Waals surface area contributed by atoms with Crippen molar-refractivity contribution in [1.82, 2.24) is 4.98 Å². The Labute approximate surface area is 111 Å². The molecule has 4 heteroatoms. The first-order valence-corrected chi connectivity index (χ1v) is 6.21. The molecule has 0 aliphatic rings. The van der Waals surface area contributed by atoms with Crippen LogP contribution in [0.15, 0.2) is 42.6 Å². The summed E-state index contributed by atoms with van der Waals surface area (Å²) in [6, 6.07) is 10.3. The van der Waals surface area contributed by atoms with Crippen molar-refractivity contribution in [3.8, 4) is 0 Å². The number of anilines is 1. The summed E-state index contributed by atoms with van der Waals surface area (Å²) in [7, 11) is 0. The van der Waals surface area contributed by atoms with E-state index in [-0.39, 0.29) is 11.9 Å². The fraction of sp³-hybridized carbons (Fsp3) is 0.214. The maximum atomic E-state index is 13.2. The lowest BCUT2D eigenvalue weighted by molar-refractivity contribution is 0.621. The highest BCUT2D eigenvalue weighted by Crippen LogP contribution is 2.26. The minimum atomic E-state index is -0.231. The topological polar surface area (TPSA) is 24.9 Å². The van der Waals surface area contributed by atoms with Gasteiger partial charge >= 0.3 is 0 Å². The lowest BCUT2D eigenvalue weighted by Gasteiger charge is -2.19. The summed E-state index contributed by atoms with van der Waals surface area (Å²) in [5.41, 5.74) is 1.66. The van der Waals surface area contributed by atoms with Crippen molar-refractivity contribution >= 4 is 17.3 Å². The predicted molar refractivity (Wildman–Crippen MR) is 72.3 cm³/mol.